The van der Waals surface area contributed by atoms with Crippen LogP contribution in [0.3, 0.4) is 0 Å². The van der Waals surface area contributed by atoms with Crippen molar-refractivity contribution in [1.82, 2.24) is 0 Å². The Bertz CT molecular complexity index is 494. The van der Waals surface area contributed by atoms with Gasteiger partial charge in [-0.05, 0) is 112 Å². The summed E-state index contributed by atoms with van der Waals surface area (Å²) in [7, 11) is -1.45. The molecule has 2 bridgehead atoms. The molecule has 6 unspecified atom stereocenters. The maximum Gasteiger partial charge on any atom is 0.186 e. The van der Waals surface area contributed by atoms with E-state index in [-0.39, 0.29) is 0 Å². The lowest BCUT2D eigenvalue weighted by atomic mass is 9.73. The smallest absolute Gasteiger partial charge is 0.186 e. The van der Waals surface area contributed by atoms with Gasteiger partial charge < -0.3 is 9.16 Å². The van der Waals surface area contributed by atoms with Crippen LogP contribution in [-0.2, 0) is 9.16 Å². The van der Waals surface area contributed by atoms with E-state index < -0.39 is 8.32 Å². The van der Waals surface area contributed by atoms with Crippen molar-refractivity contribution >= 4 is 8.32 Å². The summed E-state index contributed by atoms with van der Waals surface area (Å²) >= 11 is 0. The van der Waals surface area contributed by atoms with Crippen molar-refractivity contribution < 1.29 is 9.16 Å². The molecule has 196 valence electrons. The Hall–Kier alpha value is 0.137. The number of rotatable bonds is 20. The summed E-state index contributed by atoms with van der Waals surface area (Å²) in [5.74, 6) is 5.64. The highest BCUT2D eigenvalue weighted by molar-refractivity contribution is 6.71. The van der Waals surface area contributed by atoms with Crippen LogP contribution in [-0.4, -0.2) is 28.1 Å². The molecule has 0 radical (unpaired) electrons. The molecule has 6 atom stereocenters. The summed E-state index contributed by atoms with van der Waals surface area (Å²) < 4.78 is 12.6. The third-order valence-corrected chi connectivity index (χ3v) is 11.5. The van der Waals surface area contributed by atoms with Crippen molar-refractivity contribution in [3.8, 4) is 0 Å². The minimum atomic E-state index is -1.45. The molecule has 2 rings (SSSR count). The van der Waals surface area contributed by atoms with Gasteiger partial charge in [0.05, 0.1) is 0 Å². The van der Waals surface area contributed by atoms with Crippen molar-refractivity contribution in [2.75, 3.05) is 19.8 Å². The van der Waals surface area contributed by atoms with Crippen molar-refractivity contribution in [2.45, 2.75) is 137 Å². The molecule has 0 amide bonds. The Kier molecular flexibility index (Phi) is 14.2. The predicted molar refractivity (Wildman–Crippen MR) is 147 cm³/mol. The van der Waals surface area contributed by atoms with Gasteiger partial charge in [0, 0.05) is 19.8 Å². The maximum absolute atomic E-state index is 6.63. The van der Waals surface area contributed by atoms with E-state index in [0.717, 1.165) is 61.7 Å². The third kappa shape index (κ3) is 10.7. The number of hydrogen-bond acceptors (Lipinski definition) is 2. The van der Waals surface area contributed by atoms with Crippen molar-refractivity contribution in [1.29, 1.82) is 0 Å². The van der Waals surface area contributed by atoms with Crippen LogP contribution in [0.15, 0.2) is 0 Å². The quantitative estimate of drug-likeness (QED) is 0.127. The molecule has 2 aliphatic carbocycles. The minimum Gasteiger partial charge on any atom is -0.417 e. The van der Waals surface area contributed by atoms with Gasteiger partial charge in [-0.2, -0.15) is 0 Å². The SMILES string of the molecule is CCCCC(CCC1CC2CC(CC(CCCC)CO[Si](C)(C)CCC)C1C2)COCCC. The molecule has 0 heterocycles. The van der Waals surface area contributed by atoms with Gasteiger partial charge in [-0.25, -0.2) is 0 Å². The monoisotopic (exact) mass is 480 g/mol. The molecule has 33 heavy (non-hydrogen) atoms. The molecule has 0 aromatic rings. The van der Waals surface area contributed by atoms with E-state index in [0.29, 0.717) is 0 Å². The van der Waals surface area contributed by atoms with Gasteiger partial charge in [-0.15, -0.1) is 0 Å². The summed E-state index contributed by atoms with van der Waals surface area (Å²) in [6.07, 6.45) is 19.5. The zero-order valence-corrected chi connectivity index (χ0v) is 24.5. The summed E-state index contributed by atoms with van der Waals surface area (Å²) in [5, 5.41) is 0. The highest BCUT2D eigenvalue weighted by atomic mass is 28.4. The summed E-state index contributed by atoms with van der Waals surface area (Å²) in [6.45, 7) is 17.1. The fraction of sp³-hybridized carbons (Fsp3) is 1.00. The zero-order chi connectivity index (χ0) is 24.1. The molecule has 0 aromatic heterocycles. The standard InChI is InChI=1S/C30H60O2Si/c1-7-11-13-25(23-31-17-9-3)15-16-28-20-27-21-29(30(28)22-27)19-26(14-12-8-2)24-32-33(5,6)18-10-4/h25-30H,7-24H2,1-6H3. The number of unbranched alkanes of at least 4 members (excludes halogenated alkanes) is 2. The second-order valence-electron chi connectivity index (χ2n) is 12.5. The van der Waals surface area contributed by atoms with Crippen LogP contribution in [0.2, 0.25) is 19.1 Å². The van der Waals surface area contributed by atoms with Crippen LogP contribution in [0.1, 0.15) is 118 Å². The molecule has 0 spiro atoms. The third-order valence-electron chi connectivity index (χ3n) is 8.87. The summed E-state index contributed by atoms with van der Waals surface area (Å²) in [5.41, 5.74) is 0. The Morgan fingerprint density at radius 3 is 2.09 bits per heavy atom. The molecule has 0 saturated heterocycles. The van der Waals surface area contributed by atoms with Crippen LogP contribution in [0.4, 0.5) is 0 Å². The average molecular weight is 481 g/mol. The number of fused-ring (bicyclic) bond motifs is 2. The average Bonchev–Trinajstić information content (AvgIpc) is 3.37. The van der Waals surface area contributed by atoms with Crippen LogP contribution in [0.25, 0.3) is 0 Å². The lowest BCUT2D eigenvalue weighted by Crippen LogP contribution is -2.33. The molecule has 2 fully saturated rings. The first-order valence-corrected chi connectivity index (χ1v) is 18.2. The molecule has 2 saturated carbocycles. The van der Waals surface area contributed by atoms with Crippen LogP contribution >= 0.6 is 0 Å². The second kappa shape index (κ2) is 16.0. The highest BCUT2D eigenvalue weighted by Crippen LogP contribution is 2.55. The molecular weight excluding hydrogens is 420 g/mol. The first-order valence-electron chi connectivity index (χ1n) is 15.1. The topological polar surface area (TPSA) is 18.5 Å². The van der Waals surface area contributed by atoms with E-state index in [4.69, 9.17) is 9.16 Å². The van der Waals surface area contributed by atoms with Gasteiger partial charge in [0.1, 0.15) is 0 Å². The molecule has 3 heteroatoms. The van der Waals surface area contributed by atoms with Crippen molar-refractivity contribution in [3.05, 3.63) is 0 Å². The second-order valence-corrected chi connectivity index (χ2v) is 16.8. The van der Waals surface area contributed by atoms with Crippen molar-refractivity contribution in [2.24, 2.45) is 35.5 Å². The first kappa shape index (κ1) is 29.4. The van der Waals surface area contributed by atoms with E-state index in [2.05, 4.69) is 40.8 Å². The van der Waals surface area contributed by atoms with Crippen LogP contribution in [0.5, 0.6) is 0 Å². The zero-order valence-electron chi connectivity index (χ0n) is 23.5. The van der Waals surface area contributed by atoms with Gasteiger partial charge >= 0.3 is 0 Å². The molecule has 2 aliphatic rings. The molecule has 0 aromatic carbocycles. The first-order chi connectivity index (χ1) is 15.9. The van der Waals surface area contributed by atoms with E-state index in [9.17, 15) is 0 Å². The number of hydrogen-bond donors (Lipinski definition) is 0. The number of ether oxygens (including phenoxy) is 1. The van der Waals surface area contributed by atoms with E-state index >= 15 is 0 Å². The van der Waals surface area contributed by atoms with Gasteiger partial charge in [0.2, 0.25) is 0 Å². The lowest BCUT2D eigenvalue weighted by Gasteiger charge is -2.34. The van der Waals surface area contributed by atoms with Gasteiger partial charge in [-0.1, -0.05) is 59.8 Å². The largest absolute Gasteiger partial charge is 0.417 e. The molecular formula is C30H60O2Si. The minimum absolute atomic E-state index is 0.797. The Morgan fingerprint density at radius 1 is 0.758 bits per heavy atom. The maximum atomic E-state index is 6.63. The van der Waals surface area contributed by atoms with Crippen LogP contribution < -0.4 is 0 Å². The van der Waals surface area contributed by atoms with E-state index in [1.807, 2.05) is 0 Å². The summed E-state index contributed by atoms with van der Waals surface area (Å²) in [6, 6.07) is 1.31. The Labute approximate surface area is 209 Å². The van der Waals surface area contributed by atoms with Gasteiger partial charge in [-0.3, -0.25) is 0 Å². The van der Waals surface area contributed by atoms with E-state index in [1.54, 1.807) is 6.42 Å². The fourth-order valence-electron chi connectivity index (χ4n) is 7.11. The molecule has 0 aliphatic heterocycles. The molecule has 2 nitrogen and oxygen atoms in total. The Balaban J connectivity index is 1.86. The van der Waals surface area contributed by atoms with Gasteiger partial charge in [0.15, 0.2) is 8.32 Å². The highest BCUT2D eigenvalue weighted by Gasteiger charge is 2.46. The lowest BCUT2D eigenvalue weighted by molar-refractivity contribution is 0.0855. The fourth-order valence-corrected chi connectivity index (χ4v) is 9.14. The van der Waals surface area contributed by atoms with E-state index in [1.165, 1.54) is 83.1 Å². The van der Waals surface area contributed by atoms with Gasteiger partial charge in [0.25, 0.3) is 0 Å². The predicted octanol–water partition coefficient (Wildman–Crippen LogP) is 9.49. The van der Waals surface area contributed by atoms with Crippen molar-refractivity contribution in [3.63, 3.8) is 0 Å². The molecule has 0 N–H and O–H groups in total. The summed E-state index contributed by atoms with van der Waals surface area (Å²) in [4.78, 5) is 0. The normalized spacial score (nSPS) is 26.7. The Morgan fingerprint density at radius 2 is 1.45 bits per heavy atom. The van der Waals surface area contributed by atoms with Crippen LogP contribution in [0, 0.1) is 35.5 Å².